The van der Waals surface area contributed by atoms with E-state index >= 15 is 0 Å². The summed E-state index contributed by atoms with van der Waals surface area (Å²) < 4.78 is 0. The quantitative estimate of drug-likeness (QED) is 0.688. The molecule has 0 spiro atoms. The van der Waals surface area contributed by atoms with Crippen LogP contribution in [0.15, 0.2) is 36.4 Å². The maximum atomic E-state index is 12.3. The zero-order valence-electron chi connectivity index (χ0n) is 12.1. The SMILES string of the molecule is Cc1ccc(NC(=O)c2cccc(C)c2[N+](=O)[O-])c(C)c1. The van der Waals surface area contributed by atoms with Gasteiger partial charge in [0, 0.05) is 11.3 Å². The molecule has 0 saturated carbocycles. The minimum atomic E-state index is -0.522. The topological polar surface area (TPSA) is 72.2 Å². The molecule has 5 nitrogen and oxygen atoms in total. The Morgan fingerprint density at radius 1 is 1.10 bits per heavy atom. The van der Waals surface area contributed by atoms with Crippen LogP contribution in [0.25, 0.3) is 0 Å². The summed E-state index contributed by atoms with van der Waals surface area (Å²) in [5.74, 6) is -0.475. The summed E-state index contributed by atoms with van der Waals surface area (Å²) in [6.45, 7) is 5.46. The van der Waals surface area contributed by atoms with Crippen LogP contribution in [-0.4, -0.2) is 10.8 Å². The van der Waals surface area contributed by atoms with Crippen LogP contribution in [0.3, 0.4) is 0 Å². The first-order valence-corrected chi connectivity index (χ1v) is 6.52. The van der Waals surface area contributed by atoms with Crippen molar-refractivity contribution in [2.75, 3.05) is 5.32 Å². The lowest BCUT2D eigenvalue weighted by atomic mass is 10.1. The molecule has 0 saturated heterocycles. The monoisotopic (exact) mass is 284 g/mol. The zero-order chi connectivity index (χ0) is 15.6. The van der Waals surface area contributed by atoms with Gasteiger partial charge in [0.1, 0.15) is 5.56 Å². The highest BCUT2D eigenvalue weighted by Crippen LogP contribution is 2.25. The summed E-state index contributed by atoms with van der Waals surface area (Å²) in [7, 11) is 0. The van der Waals surface area contributed by atoms with Gasteiger partial charge in [0.2, 0.25) is 0 Å². The Labute approximate surface area is 122 Å². The fourth-order valence-electron chi connectivity index (χ4n) is 2.23. The fraction of sp³-hybridized carbons (Fsp3) is 0.188. The normalized spacial score (nSPS) is 10.2. The third-order valence-electron chi connectivity index (χ3n) is 3.30. The number of anilines is 1. The van der Waals surface area contributed by atoms with Gasteiger partial charge in [0.15, 0.2) is 0 Å². The average molecular weight is 284 g/mol. The van der Waals surface area contributed by atoms with Crippen LogP contribution in [0, 0.1) is 30.9 Å². The molecule has 0 fully saturated rings. The molecule has 0 aliphatic carbocycles. The molecule has 0 aliphatic rings. The molecule has 0 atom stereocenters. The van der Waals surface area contributed by atoms with Crippen molar-refractivity contribution in [3.63, 3.8) is 0 Å². The highest BCUT2D eigenvalue weighted by Gasteiger charge is 2.22. The number of benzene rings is 2. The highest BCUT2D eigenvalue weighted by molar-refractivity contribution is 6.07. The van der Waals surface area contributed by atoms with E-state index in [2.05, 4.69) is 5.32 Å². The zero-order valence-corrected chi connectivity index (χ0v) is 12.1. The smallest absolute Gasteiger partial charge is 0.285 e. The molecule has 5 heteroatoms. The lowest BCUT2D eigenvalue weighted by molar-refractivity contribution is -0.385. The molecule has 2 aromatic carbocycles. The third-order valence-corrected chi connectivity index (χ3v) is 3.30. The van der Waals surface area contributed by atoms with Crippen molar-refractivity contribution in [3.8, 4) is 0 Å². The number of nitrogens with one attached hydrogen (secondary N) is 1. The molecule has 1 N–H and O–H groups in total. The first-order valence-electron chi connectivity index (χ1n) is 6.52. The van der Waals surface area contributed by atoms with Gasteiger partial charge in [0.05, 0.1) is 4.92 Å². The standard InChI is InChI=1S/C16H16N2O3/c1-10-7-8-14(12(3)9-10)17-16(19)13-6-4-5-11(2)15(13)18(20)21/h4-9H,1-3H3,(H,17,19). The molecule has 2 aromatic rings. The molecule has 0 unspecified atom stereocenters. The summed E-state index contributed by atoms with van der Waals surface area (Å²) in [5, 5.41) is 13.9. The minimum absolute atomic E-state index is 0.0694. The average Bonchev–Trinajstić information content (AvgIpc) is 2.41. The first kappa shape index (κ1) is 14.7. The lowest BCUT2D eigenvalue weighted by Gasteiger charge is -2.10. The van der Waals surface area contributed by atoms with Crippen molar-refractivity contribution in [2.45, 2.75) is 20.8 Å². The second-order valence-electron chi connectivity index (χ2n) is 5.00. The number of hydrogen-bond acceptors (Lipinski definition) is 3. The van der Waals surface area contributed by atoms with Crippen molar-refractivity contribution in [1.29, 1.82) is 0 Å². The number of carbonyl (C=O) groups is 1. The van der Waals surface area contributed by atoms with Gasteiger partial charge in [-0.15, -0.1) is 0 Å². The van der Waals surface area contributed by atoms with Crippen LogP contribution in [-0.2, 0) is 0 Å². The summed E-state index contributed by atoms with van der Waals surface area (Å²) in [4.78, 5) is 22.9. The van der Waals surface area contributed by atoms with Crippen molar-refractivity contribution in [3.05, 3.63) is 68.8 Å². The van der Waals surface area contributed by atoms with Crippen molar-refractivity contribution < 1.29 is 9.72 Å². The van der Waals surface area contributed by atoms with Crippen LogP contribution >= 0.6 is 0 Å². The molecule has 0 heterocycles. The highest BCUT2D eigenvalue weighted by atomic mass is 16.6. The number of nitro groups is 1. The number of aryl methyl sites for hydroxylation is 3. The minimum Gasteiger partial charge on any atom is -0.322 e. The Balaban J connectivity index is 2.37. The largest absolute Gasteiger partial charge is 0.322 e. The first-order chi connectivity index (χ1) is 9.90. The number of rotatable bonds is 3. The van der Waals surface area contributed by atoms with Crippen LogP contribution in [0.1, 0.15) is 27.0 Å². The Hall–Kier alpha value is -2.69. The van der Waals surface area contributed by atoms with Gasteiger partial charge in [-0.2, -0.15) is 0 Å². The number of para-hydroxylation sites is 1. The molecule has 0 bridgehead atoms. The number of carbonyl (C=O) groups excluding carboxylic acids is 1. The van der Waals surface area contributed by atoms with Gasteiger partial charge in [-0.05, 0) is 38.5 Å². The van der Waals surface area contributed by atoms with Gasteiger partial charge >= 0.3 is 0 Å². The Morgan fingerprint density at radius 2 is 1.81 bits per heavy atom. The molecular weight excluding hydrogens is 268 g/mol. The van der Waals surface area contributed by atoms with E-state index in [9.17, 15) is 14.9 Å². The Kier molecular flexibility index (Phi) is 4.03. The summed E-state index contributed by atoms with van der Waals surface area (Å²) >= 11 is 0. The number of hydrogen-bond donors (Lipinski definition) is 1. The second-order valence-corrected chi connectivity index (χ2v) is 5.00. The lowest BCUT2D eigenvalue weighted by Crippen LogP contribution is -2.15. The van der Waals surface area contributed by atoms with Crippen molar-refractivity contribution in [1.82, 2.24) is 0 Å². The summed E-state index contributed by atoms with van der Waals surface area (Å²) in [6, 6.07) is 10.3. The maximum absolute atomic E-state index is 12.3. The van der Waals surface area contributed by atoms with Crippen LogP contribution < -0.4 is 5.32 Å². The fourth-order valence-corrected chi connectivity index (χ4v) is 2.23. The van der Waals surface area contributed by atoms with E-state index < -0.39 is 10.8 Å². The van der Waals surface area contributed by atoms with Gasteiger partial charge < -0.3 is 5.32 Å². The molecule has 108 valence electrons. The molecule has 0 aliphatic heterocycles. The molecule has 21 heavy (non-hydrogen) atoms. The van der Waals surface area contributed by atoms with Gasteiger partial charge in [0.25, 0.3) is 11.6 Å². The Bertz CT molecular complexity index is 723. The Morgan fingerprint density at radius 3 is 2.43 bits per heavy atom. The van der Waals surface area contributed by atoms with Gasteiger partial charge in [-0.1, -0.05) is 29.8 Å². The van der Waals surface area contributed by atoms with E-state index in [4.69, 9.17) is 0 Å². The van der Waals surface area contributed by atoms with E-state index in [1.54, 1.807) is 25.1 Å². The van der Waals surface area contributed by atoms with Gasteiger partial charge in [-0.3, -0.25) is 14.9 Å². The molecule has 0 aromatic heterocycles. The van der Waals surface area contributed by atoms with E-state index in [-0.39, 0.29) is 11.3 Å². The van der Waals surface area contributed by atoms with Crippen LogP contribution in [0.2, 0.25) is 0 Å². The molecular formula is C16H16N2O3. The number of amides is 1. The van der Waals surface area contributed by atoms with E-state index in [0.717, 1.165) is 11.1 Å². The van der Waals surface area contributed by atoms with E-state index in [1.165, 1.54) is 6.07 Å². The second kappa shape index (κ2) is 5.75. The molecule has 0 radical (unpaired) electrons. The number of nitrogens with zero attached hydrogens (tertiary/aromatic N) is 1. The summed E-state index contributed by atoms with van der Waals surface area (Å²) in [6.07, 6.45) is 0. The third kappa shape index (κ3) is 3.08. The number of nitro benzene ring substituents is 1. The van der Waals surface area contributed by atoms with Gasteiger partial charge in [-0.25, -0.2) is 0 Å². The van der Waals surface area contributed by atoms with Crippen LogP contribution in [0.4, 0.5) is 11.4 Å². The predicted molar refractivity (Wildman–Crippen MR) is 81.7 cm³/mol. The predicted octanol–water partition coefficient (Wildman–Crippen LogP) is 3.77. The maximum Gasteiger partial charge on any atom is 0.285 e. The molecule has 1 amide bonds. The van der Waals surface area contributed by atoms with Crippen LogP contribution in [0.5, 0.6) is 0 Å². The van der Waals surface area contributed by atoms with E-state index in [0.29, 0.717) is 11.3 Å². The van der Waals surface area contributed by atoms with Crippen molar-refractivity contribution >= 4 is 17.3 Å². The van der Waals surface area contributed by atoms with E-state index in [1.807, 2.05) is 26.0 Å². The summed E-state index contributed by atoms with van der Waals surface area (Å²) in [5.41, 5.74) is 3.04. The van der Waals surface area contributed by atoms with Crippen molar-refractivity contribution in [2.24, 2.45) is 0 Å². The molecule has 2 rings (SSSR count).